The van der Waals surface area contributed by atoms with E-state index in [1.807, 2.05) is 0 Å². The van der Waals surface area contributed by atoms with Gasteiger partial charge in [0.15, 0.2) is 28.8 Å². The zero-order chi connectivity index (χ0) is 19.7. The van der Waals surface area contributed by atoms with E-state index in [1.165, 1.54) is 28.3 Å². The Hall–Kier alpha value is -2.93. The summed E-state index contributed by atoms with van der Waals surface area (Å²) < 4.78 is 21.9. The van der Waals surface area contributed by atoms with Crippen molar-refractivity contribution in [2.75, 3.05) is 27.9 Å². The Labute approximate surface area is 157 Å². The van der Waals surface area contributed by atoms with E-state index in [9.17, 15) is 15.0 Å². The molecule has 1 aliphatic heterocycles. The van der Waals surface area contributed by atoms with Crippen LogP contribution in [0.1, 0.15) is 40.4 Å². The van der Waals surface area contributed by atoms with Gasteiger partial charge in [-0.3, -0.25) is 4.79 Å². The van der Waals surface area contributed by atoms with E-state index in [-0.39, 0.29) is 29.6 Å². The van der Waals surface area contributed by atoms with Gasteiger partial charge in [-0.05, 0) is 31.2 Å². The highest BCUT2D eigenvalue weighted by Crippen LogP contribution is 2.52. The third-order valence-corrected chi connectivity index (χ3v) is 4.75. The first kappa shape index (κ1) is 18.8. The maximum Gasteiger partial charge on any atom is 0.200 e. The maximum atomic E-state index is 11.8. The largest absolute Gasteiger partial charge is 0.502 e. The average molecular weight is 374 g/mol. The molecule has 0 saturated carbocycles. The van der Waals surface area contributed by atoms with Gasteiger partial charge in [0.2, 0.25) is 5.75 Å². The average Bonchev–Trinajstić information content (AvgIpc) is 3.05. The van der Waals surface area contributed by atoms with Crippen LogP contribution >= 0.6 is 0 Å². The standard InChI is InChI=1S/C20H22O7/c1-10(22)11-5-13-14(9-21)19(27-20(13)17(6-11)26-4)12-7-15(24-2)18(23)16(8-12)25-3/h5-8,14,19,21,23H,9H2,1-4H3. The number of aliphatic hydroxyl groups excluding tert-OH is 1. The van der Waals surface area contributed by atoms with Gasteiger partial charge in [0.05, 0.1) is 33.9 Å². The second-order valence-electron chi connectivity index (χ2n) is 6.25. The summed E-state index contributed by atoms with van der Waals surface area (Å²) in [6, 6.07) is 6.61. The van der Waals surface area contributed by atoms with Crippen LogP contribution in [0, 0.1) is 0 Å². The number of hydrogen-bond acceptors (Lipinski definition) is 7. The number of rotatable bonds is 6. The Bertz CT molecular complexity index is 850. The molecule has 0 fully saturated rings. The number of hydrogen-bond donors (Lipinski definition) is 2. The fraction of sp³-hybridized carbons (Fsp3) is 0.350. The van der Waals surface area contributed by atoms with E-state index in [2.05, 4.69) is 0 Å². The molecule has 2 N–H and O–H groups in total. The Balaban J connectivity index is 2.12. The molecule has 7 nitrogen and oxygen atoms in total. The summed E-state index contributed by atoms with van der Waals surface area (Å²) in [5.74, 6) is 0.732. The first-order chi connectivity index (χ1) is 12.9. The van der Waals surface area contributed by atoms with Crippen molar-refractivity contribution >= 4 is 5.78 Å². The van der Waals surface area contributed by atoms with Gasteiger partial charge in [-0.15, -0.1) is 0 Å². The van der Waals surface area contributed by atoms with Gasteiger partial charge in [-0.25, -0.2) is 0 Å². The quantitative estimate of drug-likeness (QED) is 0.751. The molecule has 1 heterocycles. The molecule has 7 heteroatoms. The lowest BCUT2D eigenvalue weighted by atomic mass is 9.90. The molecule has 27 heavy (non-hydrogen) atoms. The number of phenols is 1. The molecule has 2 atom stereocenters. The number of aromatic hydroxyl groups is 1. The highest BCUT2D eigenvalue weighted by atomic mass is 16.5. The van der Waals surface area contributed by atoms with Crippen LogP contribution in [-0.2, 0) is 0 Å². The first-order valence-electron chi connectivity index (χ1n) is 8.40. The van der Waals surface area contributed by atoms with Crippen molar-refractivity contribution in [3.8, 4) is 28.7 Å². The van der Waals surface area contributed by atoms with Crippen molar-refractivity contribution in [2.24, 2.45) is 0 Å². The number of ether oxygens (including phenoxy) is 4. The molecule has 144 valence electrons. The lowest BCUT2D eigenvalue weighted by molar-refractivity contribution is 0.101. The zero-order valence-corrected chi connectivity index (χ0v) is 15.6. The zero-order valence-electron chi connectivity index (χ0n) is 15.6. The summed E-state index contributed by atoms with van der Waals surface area (Å²) in [7, 11) is 4.37. The molecule has 0 bridgehead atoms. The van der Waals surface area contributed by atoms with E-state index in [4.69, 9.17) is 18.9 Å². The lowest BCUT2D eigenvalue weighted by Crippen LogP contribution is -2.13. The highest BCUT2D eigenvalue weighted by Gasteiger charge is 2.38. The van der Waals surface area contributed by atoms with E-state index in [0.29, 0.717) is 28.2 Å². The summed E-state index contributed by atoms with van der Waals surface area (Å²) in [6.07, 6.45) is -0.565. The fourth-order valence-electron chi connectivity index (χ4n) is 3.32. The highest BCUT2D eigenvalue weighted by molar-refractivity contribution is 5.95. The fourth-order valence-corrected chi connectivity index (χ4v) is 3.32. The van der Waals surface area contributed by atoms with Gasteiger partial charge in [0, 0.05) is 16.7 Å². The number of methoxy groups -OCH3 is 3. The molecular formula is C20H22O7. The van der Waals surface area contributed by atoms with Gasteiger partial charge in [-0.2, -0.15) is 0 Å². The molecule has 2 unspecified atom stereocenters. The van der Waals surface area contributed by atoms with E-state index in [1.54, 1.807) is 24.3 Å². The second kappa shape index (κ2) is 7.36. The van der Waals surface area contributed by atoms with Gasteiger partial charge in [0.1, 0.15) is 6.10 Å². The maximum absolute atomic E-state index is 11.8. The normalized spacial score (nSPS) is 17.8. The minimum Gasteiger partial charge on any atom is -0.502 e. The molecule has 2 aromatic carbocycles. The first-order valence-corrected chi connectivity index (χ1v) is 8.40. The van der Waals surface area contributed by atoms with Crippen molar-refractivity contribution in [1.82, 2.24) is 0 Å². The number of phenolic OH excluding ortho intramolecular Hbond substituents is 1. The van der Waals surface area contributed by atoms with E-state index >= 15 is 0 Å². The SMILES string of the molecule is COc1cc(C2Oc3c(OC)cc(C(C)=O)cc3C2CO)cc(OC)c1O. The molecule has 1 aliphatic rings. The molecule has 0 amide bonds. The Morgan fingerprint density at radius 3 is 2.11 bits per heavy atom. The van der Waals surface area contributed by atoms with Crippen molar-refractivity contribution in [2.45, 2.75) is 18.9 Å². The minimum absolute atomic E-state index is 0.107. The molecule has 0 radical (unpaired) electrons. The molecule has 2 aromatic rings. The summed E-state index contributed by atoms with van der Waals surface area (Å²) in [5.41, 5.74) is 1.83. The number of Topliss-reactive ketones (excluding diaryl/α,β-unsaturated/α-hetero) is 1. The number of carbonyl (C=O) groups excluding carboxylic acids is 1. The summed E-state index contributed by atoms with van der Waals surface area (Å²) in [6.45, 7) is 1.27. The van der Waals surface area contributed by atoms with Crippen LogP contribution < -0.4 is 18.9 Å². The molecule has 3 rings (SSSR count). The van der Waals surface area contributed by atoms with Gasteiger partial charge in [-0.1, -0.05) is 0 Å². The van der Waals surface area contributed by atoms with Gasteiger partial charge in [0.25, 0.3) is 0 Å². The minimum atomic E-state index is -0.565. The Morgan fingerprint density at radius 1 is 1.04 bits per heavy atom. The summed E-state index contributed by atoms with van der Waals surface area (Å²) in [5, 5.41) is 20.2. The van der Waals surface area contributed by atoms with Crippen LogP contribution in [0.3, 0.4) is 0 Å². The number of ketones is 1. The van der Waals surface area contributed by atoms with Crippen molar-refractivity contribution in [3.05, 3.63) is 41.0 Å². The van der Waals surface area contributed by atoms with Crippen LogP contribution in [0.4, 0.5) is 0 Å². The van der Waals surface area contributed by atoms with E-state index < -0.39 is 12.0 Å². The number of fused-ring (bicyclic) bond motifs is 1. The molecule has 0 spiro atoms. The van der Waals surface area contributed by atoms with Crippen molar-refractivity contribution in [1.29, 1.82) is 0 Å². The Kier molecular flexibility index (Phi) is 5.14. The smallest absolute Gasteiger partial charge is 0.200 e. The monoisotopic (exact) mass is 374 g/mol. The van der Waals surface area contributed by atoms with E-state index in [0.717, 1.165) is 0 Å². The number of carbonyl (C=O) groups is 1. The lowest BCUT2D eigenvalue weighted by Gasteiger charge is -2.20. The third kappa shape index (κ3) is 3.14. The second-order valence-corrected chi connectivity index (χ2v) is 6.25. The van der Waals surface area contributed by atoms with Crippen molar-refractivity contribution in [3.63, 3.8) is 0 Å². The Morgan fingerprint density at radius 2 is 1.63 bits per heavy atom. The van der Waals surface area contributed by atoms with Gasteiger partial charge >= 0.3 is 0 Å². The van der Waals surface area contributed by atoms with Crippen LogP contribution in [-0.4, -0.2) is 43.9 Å². The molecule has 0 saturated heterocycles. The van der Waals surface area contributed by atoms with Crippen LogP contribution in [0.25, 0.3) is 0 Å². The third-order valence-electron chi connectivity index (χ3n) is 4.75. The molecule has 0 aliphatic carbocycles. The van der Waals surface area contributed by atoms with Crippen LogP contribution in [0.5, 0.6) is 28.7 Å². The van der Waals surface area contributed by atoms with Gasteiger partial charge < -0.3 is 29.2 Å². The summed E-state index contributed by atoms with van der Waals surface area (Å²) >= 11 is 0. The number of benzene rings is 2. The van der Waals surface area contributed by atoms with Crippen molar-refractivity contribution < 1.29 is 34.0 Å². The summed E-state index contributed by atoms with van der Waals surface area (Å²) in [4.78, 5) is 11.8. The molecule has 0 aromatic heterocycles. The van der Waals surface area contributed by atoms with Crippen LogP contribution in [0.2, 0.25) is 0 Å². The topological polar surface area (TPSA) is 94.5 Å². The number of aliphatic hydroxyl groups is 1. The molecular weight excluding hydrogens is 352 g/mol. The predicted molar refractivity (Wildman–Crippen MR) is 97.4 cm³/mol. The van der Waals surface area contributed by atoms with Crippen LogP contribution in [0.15, 0.2) is 24.3 Å². The predicted octanol–water partition coefficient (Wildman–Crippen LogP) is 2.83.